The average Bonchev–Trinajstić information content (AvgIpc) is 3.36. The number of fused-ring (bicyclic) bond motifs is 9. The lowest BCUT2D eigenvalue weighted by molar-refractivity contribution is 1.37. The van der Waals surface area contributed by atoms with Gasteiger partial charge in [0.15, 0.2) is 0 Å². The van der Waals surface area contributed by atoms with Gasteiger partial charge in [0.2, 0.25) is 0 Å². The van der Waals surface area contributed by atoms with Crippen molar-refractivity contribution in [3.63, 3.8) is 0 Å². The van der Waals surface area contributed by atoms with Crippen LogP contribution in [0.5, 0.6) is 0 Å². The van der Waals surface area contributed by atoms with E-state index in [1.807, 2.05) is 22.7 Å². The van der Waals surface area contributed by atoms with Crippen LogP contribution in [0.15, 0.2) is 72.8 Å². The largest absolute Gasteiger partial charge is 0.135 e. The molecule has 2 heteroatoms. The number of thiophene rings is 2. The molecule has 0 atom stereocenters. The quantitative estimate of drug-likeness (QED) is 0.183. The summed E-state index contributed by atoms with van der Waals surface area (Å²) < 4.78 is 5.51. The van der Waals surface area contributed by atoms with Crippen LogP contribution in [0.25, 0.3) is 72.7 Å². The van der Waals surface area contributed by atoms with Crippen molar-refractivity contribution in [1.82, 2.24) is 0 Å². The van der Waals surface area contributed by atoms with Gasteiger partial charge in [-0.1, -0.05) is 24.3 Å². The van der Waals surface area contributed by atoms with Crippen molar-refractivity contribution >= 4 is 95.3 Å². The van der Waals surface area contributed by atoms with Gasteiger partial charge in [0.25, 0.3) is 0 Å². The molecular formula is C34H24S2. The summed E-state index contributed by atoms with van der Waals surface area (Å²) in [6, 6.07) is 28.5. The van der Waals surface area contributed by atoms with E-state index >= 15 is 0 Å². The Morgan fingerprint density at radius 3 is 1.03 bits per heavy atom. The van der Waals surface area contributed by atoms with E-state index in [4.69, 9.17) is 0 Å². The Kier molecular flexibility index (Phi) is 4.06. The highest BCUT2D eigenvalue weighted by Crippen LogP contribution is 2.44. The van der Waals surface area contributed by atoms with Crippen LogP contribution >= 0.6 is 22.7 Å². The maximum absolute atomic E-state index is 2.44. The first-order valence-corrected chi connectivity index (χ1v) is 14.1. The predicted octanol–water partition coefficient (Wildman–Crippen LogP) is 11.1. The fraction of sp³-hybridized carbons (Fsp3) is 0.118. The second-order valence-electron chi connectivity index (χ2n) is 10.5. The van der Waals surface area contributed by atoms with Gasteiger partial charge in [0, 0.05) is 40.3 Å². The summed E-state index contributed by atoms with van der Waals surface area (Å²) in [6.07, 6.45) is 0. The molecule has 0 aliphatic heterocycles. The molecule has 0 aliphatic carbocycles. The van der Waals surface area contributed by atoms with E-state index in [1.54, 1.807) is 0 Å². The van der Waals surface area contributed by atoms with Gasteiger partial charge in [-0.25, -0.2) is 0 Å². The van der Waals surface area contributed by atoms with Gasteiger partial charge in [-0.3, -0.25) is 0 Å². The van der Waals surface area contributed by atoms with Crippen molar-refractivity contribution in [2.24, 2.45) is 0 Å². The second kappa shape index (κ2) is 7.06. The van der Waals surface area contributed by atoms with E-state index in [-0.39, 0.29) is 0 Å². The minimum Gasteiger partial charge on any atom is -0.135 e. The van der Waals surface area contributed by atoms with E-state index < -0.39 is 0 Å². The number of benzene rings is 6. The topological polar surface area (TPSA) is 0 Å². The van der Waals surface area contributed by atoms with Gasteiger partial charge >= 0.3 is 0 Å². The molecular weight excluding hydrogens is 473 g/mol. The first-order chi connectivity index (χ1) is 17.4. The van der Waals surface area contributed by atoms with Crippen molar-refractivity contribution in [2.45, 2.75) is 27.7 Å². The standard InChI is InChI=1S/C34H24S2/c1-17-5-21-9-25-12-28-30-16-33-29(15-34(30)36-32(28)14-26(25)10-22(21)6-18(17)2)27-11-23-7-19(3)20(4)8-24(23)13-31(27)35-33/h5-16H,1-4H3. The molecule has 0 spiro atoms. The lowest BCUT2D eigenvalue weighted by Gasteiger charge is -2.07. The Labute approximate surface area is 217 Å². The molecule has 0 bridgehead atoms. The number of rotatable bonds is 0. The van der Waals surface area contributed by atoms with Crippen LogP contribution in [0.1, 0.15) is 22.3 Å². The van der Waals surface area contributed by atoms with Gasteiger partial charge in [-0.05, 0) is 131 Å². The first kappa shape index (κ1) is 20.7. The highest BCUT2D eigenvalue weighted by molar-refractivity contribution is 7.27. The molecule has 8 rings (SSSR count). The molecule has 0 amide bonds. The summed E-state index contributed by atoms with van der Waals surface area (Å²) in [7, 11) is 0. The summed E-state index contributed by atoms with van der Waals surface area (Å²) in [5.74, 6) is 0. The van der Waals surface area contributed by atoms with E-state index in [2.05, 4.69) is 100 Å². The lowest BCUT2D eigenvalue weighted by Crippen LogP contribution is -1.83. The van der Waals surface area contributed by atoms with Crippen LogP contribution in [0.4, 0.5) is 0 Å². The zero-order valence-electron chi connectivity index (χ0n) is 20.7. The third-order valence-electron chi connectivity index (χ3n) is 8.16. The smallest absolute Gasteiger partial charge is 0.0362 e. The van der Waals surface area contributed by atoms with E-state index in [1.165, 1.54) is 94.9 Å². The zero-order valence-corrected chi connectivity index (χ0v) is 22.4. The Morgan fingerprint density at radius 2 is 0.583 bits per heavy atom. The summed E-state index contributed by atoms with van der Waals surface area (Å²) >= 11 is 3.85. The number of hydrogen-bond donors (Lipinski definition) is 0. The van der Waals surface area contributed by atoms with Crippen molar-refractivity contribution in [3.05, 3.63) is 95.1 Å². The maximum atomic E-state index is 2.44. The van der Waals surface area contributed by atoms with Gasteiger partial charge in [-0.2, -0.15) is 0 Å². The summed E-state index contributed by atoms with van der Waals surface area (Å²) in [6.45, 7) is 8.82. The molecule has 0 saturated heterocycles. The molecule has 2 heterocycles. The molecule has 0 aliphatic rings. The minimum atomic E-state index is 1.33. The average molecular weight is 497 g/mol. The molecule has 0 nitrogen and oxygen atoms in total. The molecule has 36 heavy (non-hydrogen) atoms. The molecule has 0 saturated carbocycles. The maximum Gasteiger partial charge on any atom is 0.0362 e. The van der Waals surface area contributed by atoms with Crippen molar-refractivity contribution in [1.29, 1.82) is 0 Å². The molecule has 8 aromatic rings. The fourth-order valence-corrected chi connectivity index (χ4v) is 8.16. The molecule has 0 fully saturated rings. The highest BCUT2D eigenvalue weighted by Gasteiger charge is 2.13. The van der Waals surface area contributed by atoms with E-state index in [9.17, 15) is 0 Å². The third-order valence-corrected chi connectivity index (χ3v) is 10.4. The Bertz CT molecular complexity index is 2220. The summed E-state index contributed by atoms with van der Waals surface area (Å²) in [5, 5.41) is 13.5. The zero-order chi connectivity index (χ0) is 24.3. The molecule has 6 aromatic carbocycles. The molecule has 0 N–H and O–H groups in total. The SMILES string of the molecule is Cc1cc2cc3cc4sc5cc6c(cc5c4cc3cc2cc1C)sc1cc2cc(C)c(C)cc2cc16. The van der Waals surface area contributed by atoms with Crippen LogP contribution < -0.4 is 0 Å². The third kappa shape index (κ3) is 2.86. The van der Waals surface area contributed by atoms with Crippen LogP contribution in [0, 0.1) is 27.7 Å². The van der Waals surface area contributed by atoms with Gasteiger partial charge < -0.3 is 0 Å². The first-order valence-electron chi connectivity index (χ1n) is 12.5. The summed E-state index contributed by atoms with van der Waals surface area (Å²) in [5.41, 5.74) is 5.43. The number of hydrogen-bond acceptors (Lipinski definition) is 2. The lowest BCUT2D eigenvalue weighted by atomic mass is 9.98. The Hall–Kier alpha value is -3.46. The molecule has 172 valence electrons. The molecule has 0 radical (unpaired) electrons. The monoisotopic (exact) mass is 496 g/mol. The van der Waals surface area contributed by atoms with Crippen LogP contribution in [-0.4, -0.2) is 0 Å². The van der Waals surface area contributed by atoms with Gasteiger partial charge in [0.05, 0.1) is 0 Å². The van der Waals surface area contributed by atoms with Crippen molar-refractivity contribution in [2.75, 3.05) is 0 Å². The van der Waals surface area contributed by atoms with Crippen molar-refractivity contribution < 1.29 is 0 Å². The van der Waals surface area contributed by atoms with Crippen molar-refractivity contribution in [3.8, 4) is 0 Å². The van der Waals surface area contributed by atoms with Gasteiger partial charge in [0.1, 0.15) is 0 Å². The second-order valence-corrected chi connectivity index (χ2v) is 12.7. The predicted molar refractivity (Wildman–Crippen MR) is 164 cm³/mol. The number of aryl methyl sites for hydroxylation is 4. The van der Waals surface area contributed by atoms with E-state index in [0.717, 1.165) is 0 Å². The van der Waals surface area contributed by atoms with Crippen LogP contribution in [-0.2, 0) is 0 Å². The normalized spacial score (nSPS) is 12.4. The van der Waals surface area contributed by atoms with Crippen LogP contribution in [0.3, 0.4) is 0 Å². The summed E-state index contributed by atoms with van der Waals surface area (Å²) in [4.78, 5) is 0. The Morgan fingerprint density at radius 1 is 0.306 bits per heavy atom. The van der Waals surface area contributed by atoms with E-state index in [0.29, 0.717) is 0 Å². The highest BCUT2D eigenvalue weighted by atomic mass is 32.1. The van der Waals surface area contributed by atoms with Gasteiger partial charge in [-0.15, -0.1) is 22.7 Å². The fourth-order valence-electron chi connectivity index (χ4n) is 5.84. The molecule has 0 unspecified atom stereocenters. The van der Waals surface area contributed by atoms with Crippen LogP contribution in [0.2, 0.25) is 0 Å². The Balaban J connectivity index is 1.41. The molecule has 2 aromatic heterocycles. The minimum absolute atomic E-state index is 1.33.